The molecule has 0 amide bonds. The van der Waals surface area contributed by atoms with Crippen molar-refractivity contribution in [1.82, 2.24) is 0 Å². The van der Waals surface area contributed by atoms with E-state index in [0.717, 1.165) is 10.2 Å². The third kappa shape index (κ3) is 3.08. The molecule has 2 nitrogen and oxygen atoms in total. The van der Waals surface area contributed by atoms with Gasteiger partial charge in [0.05, 0.1) is 12.5 Å². The minimum atomic E-state index is 0.184. The molecule has 68 valence electrons. The van der Waals surface area contributed by atoms with E-state index in [2.05, 4.69) is 27.3 Å². The third-order valence-corrected chi connectivity index (χ3v) is 2.36. The molecule has 13 heavy (non-hydrogen) atoms. The Labute approximate surface area is 86.7 Å². The van der Waals surface area contributed by atoms with Crippen molar-refractivity contribution in [2.45, 2.75) is 19.4 Å². The van der Waals surface area contributed by atoms with Crippen LogP contribution in [0.4, 0.5) is 5.69 Å². The van der Waals surface area contributed by atoms with Crippen LogP contribution in [0, 0.1) is 11.3 Å². The molecule has 1 aromatic rings. The van der Waals surface area contributed by atoms with Crippen molar-refractivity contribution >= 4 is 21.6 Å². The lowest BCUT2D eigenvalue weighted by atomic mass is 10.2. The van der Waals surface area contributed by atoms with Crippen molar-refractivity contribution in [2.75, 3.05) is 5.32 Å². The zero-order valence-corrected chi connectivity index (χ0v) is 9.01. The van der Waals surface area contributed by atoms with E-state index >= 15 is 0 Å². The maximum absolute atomic E-state index is 8.48. The molecule has 0 radical (unpaired) electrons. The first kappa shape index (κ1) is 10.1. The Hall–Kier alpha value is -1.01. The molecule has 0 fully saturated rings. The number of hydrogen-bond donors (Lipinski definition) is 1. The molecule has 0 spiro atoms. The van der Waals surface area contributed by atoms with Crippen LogP contribution in [0.15, 0.2) is 28.7 Å². The minimum absolute atomic E-state index is 0.184. The van der Waals surface area contributed by atoms with Crippen LogP contribution in [0.25, 0.3) is 0 Å². The van der Waals surface area contributed by atoms with Gasteiger partial charge in [-0.2, -0.15) is 5.26 Å². The molecule has 1 N–H and O–H groups in total. The number of benzene rings is 1. The maximum Gasteiger partial charge on any atom is 0.0643 e. The van der Waals surface area contributed by atoms with E-state index < -0.39 is 0 Å². The van der Waals surface area contributed by atoms with Gasteiger partial charge in [-0.3, -0.25) is 0 Å². The topological polar surface area (TPSA) is 35.8 Å². The van der Waals surface area contributed by atoms with Crippen molar-refractivity contribution in [3.8, 4) is 6.07 Å². The van der Waals surface area contributed by atoms with Gasteiger partial charge in [0.15, 0.2) is 0 Å². The van der Waals surface area contributed by atoms with E-state index in [4.69, 9.17) is 5.26 Å². The van der Waals surface area contributed by atoms with Crippen molar-refractivity contribution in [3.63, 3.8) is 0 Å². The summed E-state index contributed by atoms with van der Waals surface area (Å²) < 4.78 is 1.03. The SMILES string of the molecule is CC(CC#N)Nc1ccccc1Br. The molecule has 0 heterocycles. The Kier molecular flexibility index (Phi) is 3.78. The monoisotopic (exact) mass is 238 g/mol. The fourth-order valence-corrected chi connectivity index (χ4v) is 1.43. The summed E-state index contributed by atoms with van der Waals surface area (Å²) in [6, 6.07) is 10.2. The van der Waals surface area contributed by atoms with Gasteiger partial charge in [-0.1, -0.05) is 12.1 Å². The smallest absolute Gasteiger partial charge is 0.0643 e. The number of nitriles is 1. The second-order valence-corrected chi connectivity index (χ2v) is 3.74. The molecular weight excluding hydrogens is 228 g/mol. The molecule has 0 bridgehead atoms. The molecular formula is C10H11BrN2. The predicted octanol–water partition coefficient (Wildman–Crippen LogP) is 3.16. The van der Waals surface area contributed by atoms with Gasteiger partial charge >= 0.3 is 0 Å². The van der Waals surface area contributed by atoms with E-state index in [-0.39, 0.29) is 6.04 Å². The molecule has 1 unspecified atom stereocenters. The number of nitrogens with one attached hydrogen (secondary N) is 1. The van der Waals surface area contributed by atoms with E-state index in [1.165, 1.54) is 0 Å². The van der Waals surface area contributed by atoms with Crippen molar-refractivity contribution < 1.29 is 0 Å². The lowest BCUT2D eigenvalue weighted by Gasteiger charge is -2.12. The molecule has 1 atom stereocenters. The Morgan fingerprint density at radius 2 is 2.23 bits per heavy atom. The molecule has 0 saturated heterocycles. The van der Waals surface area contributed by atoms with Crippen LogP contribution in [0.2, 0.25) is 0 Å². The van der Waals surface area contributed by atoms with E-state index in [1.54, 1.807) is 0 Å². The van der Waals surface area contributed by atoms with E-state index in [0.29, 0.717) is 6.42 Å². The van der Waals surface area contributed by atoms with Gasteiger partial charge in [-0.05, 0) is 35.0 Å². The average Bonchev–Trinajstić information content (AvgIpc) is 2.09. The summed E-state index contributed by atoms with van der Waals surface area (Å²) in [5.41, 5.74) is 1.03. The zero-order chi connectivity index (χ0) is 9.68. The lowest BCUT2D eigenvalue weighted by molar-refractivity contribution is 0.820. The Morgan fingerprint density at radius 3 is 2.85 bits per heavy atom. The number of halogens is 1. The van der Waals surface area contributed by atoms with Crippen molar-refractivity contribution in [1.29, 1.82) is 5.26 Å². The standard InChI is InChI=1S/C10H11BrN2/c1-8(6-7-12)13-10-5-3-2-4-9(10)11/h2-5,8,13H,6H2,1H3. The van der Waals surface area contributed by atoms with Crippen LogP contribution >= 0.6 is 15.9 Å². The summed E-state index contributed by atoms with van der Waals surface area (Å²) >= 11 is 3.43. The third-order valence-electron chi connectivity index (χ3n) is 1.67. The van der Waals surface area contributed by atoms with Gasteiger partial charge in [0.25, 0.3) is 0 Å². The zero-order valence-electron chi connectivity index (χ0n) is 7.42. The molecule has 0 aliphatic rings. The Balaban J connectivity index is 2.64. The van der Waals surface area contributed by atoms with Crippen LogP contribution in [-0.2, 0) is 0 Å². The fourth-order valence-electron chi connectivity index (χ4n) is 1.03. The molecule has 0 aromatic heterocycles. The van der Waals surface area contributed by atoms with Gasteiger partial charge < -0.3 is 5.32 Å². The predicted molar refractivity (Wildman–Crippen MR) is 57.5 cm³/mol. The summed E-state index contributed by atoms with van der Waals surface area (Å²) in [5.74, 6) is 0. The molecule has 0 aliphatic heterocycles. The quantitative estimate of drug-likeness (QED) is 0.879. The second-order valence-electron chi connectivity index (χ2n) is 2.89. The molecule has 3 heteroatoms. The van der Waals surface area contributed by atoms with Crippen LogP contribution < -0.4 is 5.32 Å². The second kappa shape index (κ2) is 4.88. The highest BCUT2D eigenvalue weighted by atomic mass is 79.9. The number of hydrogen-bond acceptors (Lipinski definition) is 2. The summed E-state index contributed by atoms with van der Waals surface area (Å²) in [5, 5.41) is 11.7. The van der Waals surface area contributed by atoms with Crippen LogP contribution in [0.1, 0.15) is 13.3 Å². The highest BCUT2D eigenvalue weighted by Gasteiger charge is 2.02. The summed E-state index contributed by atoms with van der Waals surface area (Å²) in [6.07, 6.45) is 0.515. The molecule has 1 rings (SSSR count). The highest BCUT2D eigenvalue weighted by Crippen LogP contribution is 2.22. The lowest BCUT2D eigenvalue weighted by Crippen LogP contribution is -2.14. The first-order valence-corrected chi connectivity index (χ1v) is 4.91. The summed E-state index contributed by atoms with van der Waals surface area (Å²) in [4.78, 5) is 0. The van der Waals surface area contributed by atoms with Gasteiger partial charge in [0, 0.05) is 16.2 Å². The van der Waals surface area contributed by atoms with Gasteiger partial charge in [0.1, 0.15) is 0 Å². The molecule has 1 aromatic carbocycles. The van der Waals surface area contributed by atoms with Gasteiger partial charge in [-0.15, -0.1) is 0 Å². The number of nitrogens with zero attached hydrogens (tertiary/aromatic N) is 1. The van der Waals surface area contributed by atoms with Gasteiger partial charge in [-0.25, -0.2) is 0 Å². The number of anilines is 1. The molecule has 0 saturated carbocycles. The van der Waals surface area contributed by atoms with Gasteiger partial charge in [0.2, 0.25) is 0 Å². The number of rotatable bonds is 3. The fraction of sp³-hybridized carbons (Fsp3) is 0.300. The van der Waals surface area contributed by atoms with Crippen molar-refractivity contribution in [2.24, 2.45) is 0 Å². The summed E-state index contributed by atoms with van der Waals surface area (Å²) in [6.45, 7) is 1.99. The maximum atomic E-state index is 8.48. The first-order chi connectivity index (χ1) is 6.24. The Bertz CT molecular complexity index is 317. The van der Waals surface area contributed by atoms with Crippen LogP contribution in [0.5, 0.6) is 0 Å². The average molecular weight is 239 g/mol. The highest BCUT2D eigenvalue weighted by molar-refractivity contribution is 9.10. The van der Waals surface area contributed by atoms with Crippen LogP contribution in [0.3, 0.4) is 0 Å². The minimum Gasteiger partial charge on any atom is -0.381 e. The van der Waals surface area contributed by atoms with Crippen LogP contribution in [-0.4, -0.2) is 6.04 Å². The first-order valence-electron chi connectivity index (χ1n) is 4.12. The molecule has 0 aliphatic carbocycles. The normalized spacial score (nSPS) is 11.8. The summed E-state index contributed by atoms with van der Waals surface area (Å²) in [7, 11) is 0. The largest absolute Gasteiger partial charge is 0.381 e. The van der Waals surface area contributed by atoms with Crippen molar-refractivity contribution in [3.05, 3.63) is 28.7 Å². The number of para-hydroxylation sites is 1. The van der Waals surface area contributed by atoms with E-state index in [9.17, 15) is 0 Å². The Morgan fingerprint density at radius 1 is 1.54 bits per heavy atom. The van der Waals surface area contributed by atoms with E-state index in [1.807, 2.05) is 31.2 Å².